The Bertz CT molecular complexity index is 693. The van der Waals surface area contributed by atoms with Crippen LogP contribution in [0, 0.1) is 0 Å². The molecule has 0 aliphatic carbocycles. The maximum atomic E-state index is 6.30. The van der Waals surface area contributed by atoms with Crippen molar-refractivity contribution in [1.29, 1.82) is 0 Å². The summed E-state index contributed by atoms with van der Waals surface area (Å²) in [6, 6.07) is 12.7. The normalized spacial score (nSPS) is 19.6. The van der Waals surface area contributed by atoms with E-state index >= 15 is 0 Å². The van der Waals surface area contributed by atoms with Crippen molar-refractivity contribution >= 4 is 29.0 Å². The van der Waals surface area contributed by atoms with E-state index in [1.165, 1.54) is 10.8 Å². The summed E-state index contributed by atoms with van der Waals surface area (Å²) in [6.07, 6.45) is 0. The van der Waals surface area contributed by atoms with Crippen LogP contribution in [0.2, 0.25) is 0 Å². The highest BCUT2D eigenvalue weighted by Crippen LogP contribution is 2.38. The summed E-state index contributed by atoms with van der Waals surface area (Å²) in [5.41, 5.74) is 1.58. The van der Waals surface area contributed by atoms with Crippen molar-refractivity contribution in [1.82, 2.24) is 0 Å². The molecule has 0 unspecified atom stereocenters. The number of hydrogen-bond acceptors (Lipinski definition) is 3. The molecule has 0 spiro atoms. The molecule has 1 fully saturated rings. The zero-order valence-corrected chi connectivity index (χ0v) is 14.3. The van der Waals surface area contributed by atoms with Crippen molar-refractivity contribution in [3.8, 4) is 0 Å². The van der Waals surface area contributed by atoms with E-state index in [0.29, 0.717) is 0 Å². The predicted octanol–water partition coefficient (Wildman–Crippen LogP) is 3.21. The number of anilines is 1. The molecule has 3 rings (SSSR count). The summed E-state index contributed by atoms with van der Waals surface area (Å²) in [5, 5.41) is 2.39. The number of rotatable bonds is 2. The Morgan fingerprint density at radius 1 is 0.864 bits per heavy atom. The highest BCUT2D eigenvalue weighted by atomic mass is 16.7. The Morgan fingerprint density at radius 2 is 1.45 bits per heavy atom. The highest BCUT2D eigenvalue weighted by Gasteiger charge is 2.52. The molecule has 1 saturated heterocycles. The van der Waals surface area contributed by atoms with Crippen molar-refractivity contribution in [3.05, 3.63) is 36.4 Å². The molecule has 3 nitrogen and oxygen atoms in total. The molecule has 116 valence electrons. The summed E-state index contributed by atoms with van der Waals surface area (Å²) in [4.78, 5) is 2.12. The minimum Gasteiger partial charge on any atom is -0.399 e. The van der Waals surface area contributed by atoms with Gasteiger partial charge >= 0.3 is 7.12 Å². The van der Waals surface area contributed by atoms with Crippen molar-refractivity contribution in [2.45, 2.75) is 38.9 Å². The van der Waals surface area contributed by atoms with Gasteiger partial charge in [0.2, 0.25) is 0 Å². The van der Waals surface area contributed by atoms with Crippen molar-refractivity contribution in [3.63, 3.8) is 0 Å². The van der Waals surface area contributed by atoms with Crippen LogP contribution in [0.15, 0.2) is 36.4 Å². The molecule has 1 aliphatic heterocycles. The van der Waals surface area contributed by atoms with Gasteiger partial charge in [-0.15, -0.1) is 0 Å². The fraction of sp³-hybridized carbons (Fsp3) is 0.444. The largest absolute Gasteiger partial charge is 0.497 e. The molecule has 1 heterocycles. The van der Waals surface area contributed by atoms with Crippen molar-refractivity contribution in [2.24, 2.45) is 0 Å². The summed E-state index contributed by atoms with van der Waals surface area (Å²) in [7, 11) is 3.76. The third kappa shape index (κ3) is 2.31. The summed E-state index contributed by atoms with van der Waals surface area (Å²) < 4.78 is 12.6. The van der Waals surface area contributed by atoms with E-state index < -0.39 is 0 Å². The number of benzene rings is 2. The van der Waals surface area contributed by atoms with Crippen LogP contribution in [-0.2, 0) is 9.31 Å². The number of fused-ring (bicyclic) bond motifs is 1. The van der Waals surface area contributed by atoms with Gasteiger partial charge in [0, 0.05) is 25.2 Å². The van der Waals surface area contributed by atoms with Crippen LogP contribution in [-0.4, -0.2) is 32.4 Å². The monoisotopic (exact) mass is 297 g/mol. The molecule has 0 radical (unpaired) electrons. The quantitative estimate of drug-likeness (QED) is 0.795. The summed E-state index contributed by atoms with van der Waals surface area (Å²) >= 11 is 0. The molecule has 1 aliphatic rings. The second kappa shape index (κ2) is 5.00. The van der Waals surface area contributed by atoms with Gasteiger partial charge in [0.25, 0.3) is 0 Å². The first-order valence-corrected chi connectivity index (χ1v) is 7.77. The zero-order valence-electron chi connectivity index (χ0n) is 14.3. The van der Waals surface area contributed by atoms with Crippen LogP contribution in [0.25, 0.3) is 10.8 Å². The van der Waals surface area contributed by atoms with Gasteiger partial charge in [-0.1, -0.05) is 30.3 Å². The maximum Gasteiger partial charge on any atom is 0.497 e. The lowest BCUT2D eigenvalue weighted by Gasteiger charge is -2.32. The maximum absolute atomic E-state index is 6.30. The molecule has 22 heavy (non-hydrogen) atoms. The lowest BCUT2D eigenvalue weighted by Crippen LogP contribution is -2.41. The SMILES string of the molecule is CN(C)c1ccc2ccccc2c1B1OC(C)(C)C(C)(C)O1. The number of hydrogen-bond donors (Lipinski definition) is 0. The fourth-order valence-electron chi connectivity index (χ4n) is 2.88. The molecule has 2 aromatic rings. The molecule has 0 saturated carbocycles. The molecule has 0 N–H and O–H groups in total. The Kier molecular flexibility index (Phi) is 3.50. The van der Waals surface area contributed by atoms with Crippen LogP contribution in [0.5, 0.6) is 0 Å². The Hall–Kier alpha value is -1.52. The highest BCUT2D eigenvalue weighted by molar-refractivity contribution is 6.67. The van der Waals surface area contributed by atoms with Crippen LogP contribution >= 0.6 is 0 Å². The van der Waals surface area contributed by atoms with E-state index in [4.69, 9.17) is 9.31 Å². The molecule has 0 amide bonds. The Balaban J connectivity index is 2.19. The average Bonchev–Trinajstić information content (AvgIpc) is 2.65. The third-order valence-corrected chi connectivity index (χ3v) is 4.92. The van der Waals surface area contributed by atoms with E-state index in [1.54, 1.807) is 0 Å². The minimum absolute atomic E-state index is 0.335. The van der Waals surface area contributed by atoms with Gasteiger partial charge in [-0.2, -0.15) is 0 Å². The second-order valence-corrected chi connectivity index (χ2v) is 7.20. The average molecular weight is 297 g/mol. The molecule has 4 heteroatoms. The van der Waals surface area contributed by atoms with Gasteiger partial charge in [-0.3, -0.25) is 0 Å². The van der Waals surface area contributed by atoms with E-state index in [1.807, 2.05) is 0 Å². The van der Waals surface area contributed by atoms with Crippen LogP contribution in [0.4, 0.5) is 5.69 Å². The minimum atomic E-state index is -0.353. The van der Waals surface area contributed by atoms with Gasteiger partial charge in [-0.05, 0) is 44.5 Å². The van der Waals surface area contributed by atoms with Crippen LogP contribution in [0.3, 0.4) is 0 Å². The van der Waals surface area contributed by atoms with Crippen LogP contribution < -0.4 is 10.4 Å². The van der Waals surface area contributed by atoms with Crippen molar-refractivity contribution < 1.29 is 9.31 Å². The van der Waals surface area contributed by atoms with Crippen molar-refractivity contribution in [2.75, 3.05) is 19.0 Å². The second-order valence-electron chi connectivity index (χ2n) is 7.20. The van der Waals surface area contributed by atoms with Gasteiger partial charge in [-0.25, -0.2) is 0 Å². The van der Waals surface area contributed by atoms with Crippen LogP contribution in [0.1, 0.15) is 27.7 Å². The molecule has 2 aromatic carbocycles. The molecule has 0 atom stereocenters. The first-order chi connectivity index (χ1) is 10.2. The molecule has 0 aromatic heterocycles. The Morgan fingerprint density at radius 3 is 2.05 bits per heavy atom. The number of nitrogens with zero attached hydrogens (tertiary/aromatic N) is 1. The molecular formula is C18H24BNO2. The van der Waals surface area contributed by atoms with E-state index in [-0.39, 0.29) is 18.3 Å². The van der Waals surface area contributed by atoms with E-state index in [2.05, 4.69) is 83.1 Å². The standard InChI is InChI=1S/C18H24BNO2/c1-17(2)18(3,4)22-19(21-17)16-14-10-8-7-9-13(14)11-12-15(16)20(5)6/h7-12H,1-6H3. The molecule has 0 bridgehead atoms. The van der Waals surface area contributed by atoms with Gasteiger partial charge in [0.15, 0.2) is 0 Å². The van der Waals surface area contributed by atoms with Gasteiger partial charge < -0.3 is 14.2 Å². The van der Waals surface area contributed by atoms with E-state index in [0.717, 1.165) is 11.2 Å². The predicted molar refractivity (Wildman–Crippen MR) is 94.0 cm³/mol. The lowest BCUT2D eigenvalue weighted by atomic mass is 9.74. The third-order valence-electron chi connectivity index (χ3n) is 4.92. The van der Waals surface area contributed by atoms with Gasteiger partial charge in [0.05, 0.1) is 11.2 Å². The Labute approximate surface area is 133 Å². The first-order valence-electron chi connectivity index (χ1n) is 7.77. The first kappa shape index (κ1) is 15.4. The molecular weight excluding hydrogens is 273 g/mol. The summed E-state index contributed by atoms with van der Waals surface area (Å²) in [5.74, 6) is 0. The fourth-order valence-corrected chi connectivity index (χ4v) is 2.88. The smallest absolute Gasteiger partial charge is 0.399 e. The van der Waals surface area contributed by atoms with Gasteiger partial charge in [0.1, 0.15) is 0 Å². The summed E-state index contributed by atoms with van der Waals surface area (Å²) in [6.45, 7) is 8.36. The van der Waals surface area contributed by atoms with E-state index in [9.17, 15) is 0 Å². The topological polar surface area (TPSA) is 21.7 Å². The lowest BCUT2D eigenvalue weighted by molar-refractivity contribution is 0.00578. The zero-order chi connectivity index (χ0) is 16.1.